The summed E-state index contributed by atoms with van der Waals surface area (Å²) >= 11 is 0. The first-order valence-corrected chi connectivity index (χ1v) is 8.20. The van der Waals surface area contributed by atoms with E-state index in [4.69, 9.17) is 4.74 Å². The van der Waals surface area contributed by atoms with Crippen molar-refractivity contribution >= 4 is 11.9 Å². The van der Waals surface area contributed by atoms with Crippen LogP contribution in [0.15, 0.2) is 24.3 Å². The van der Waals surface area contributed by atoms with Crippen LogP contribution in [0.2, 0.25) is 0 Å². The van der Waals surface area contributed by atoms with Crippen LogP contribution in [-0.4, -0.2) is 50.2 Å². The minimum absolute atomic E-state index is 0.262. The van der Waals surface area contributed by atoms with Crippen LogP contribution in [0.5, 0.6) is 0 Å². The number of carboxylic acids is 1. The van der Waals surface area contributed by atoms with Gasteiger partial charge >= 0.3 is 5.97 Å². The minimum Gasteiger partial charge on any atom is -0.550 e. The second-order valence-electron chi connectivity index (χ2n) is 6.67. The lowest BCUT2D eigenvalue weighted by molar-refractivity contribution is -0.873. The van der Waals surface area contributed by atoms with Gasteiger partial charge in [0.25, 0.3) is 0 Å². The molecular weight excluding hydrogens is 294 g/mol. The highest BCUT2D eigenvalue weighted by Crippen LogP contribution is 2.07. The van der Waals surface area contributed by atoms with Gasteiger partial charge in [-0.05, 0) is 32.6 Å². The minimum atomic E-state index is -1.20. The third-order valence-electron chi connectivity index (χ3n) is 3.10. The van der Waals surface area contributed by atoms with Crippen molar-refractivity contribution in [2.24, 2.45) is 0 Å². The van der Waals surface area contributed by atoms with Crippen LogP contribution in [0.4, 0.5) is 0 Å². The predicted octanol–water partition coefficient (Wildman–Crippen LogP) is 1.83. The molecule has 0 amide bonds. The highest BCUT2D eigenvalue weighted by molar-refractivity contribution is 5.71. The molecule has 0 saturated heterocycles. The van der Waals surface area contributed by atoms with Gasteiger partial charge in [-0.25, -0.2) is 0 Å². The van der Waals surface area contributed by atoms with Gasteiger partial charge in [0.1, 0.15) is 6.54 Å². The number of hydrogen-bond donors (Lipinski definition) is 0. The number of carbonyl (C=O) groups is 2. The fourth-order valence-corrected chi connectivity index (χ4v) is 2.14. The molecule has 0 aromatic carbocycles. The molecule has 0 spiro atoms. The quantitative estimate of drug-likeness (QED) is 0.238. The second-order valence-corrected chi connectivity index (χ2v) is 6.67. The standard InChI is InChI=1S/C18H31NO4/c1-5-6-7-8-9-10-11-12-13-18(22)23-16(14-17(20)21)15-19(2,3)4/h5-6,10-11,16H,7-9,12-15H2,1-4H3/b6-5+,11-10+. The first kappa shape index (κ1) is 21.4. The summed E-state index contributed by atoms with van der Waals surface area (Å²) in [7, 11) is 5.77. The number of carboxylic acid groups (broad SMARTS) is 1. The van der Waals surface area contributed by atoms with Crippen molar-refractivity contribution in [2.75, 3.05) is 27.7 Å². The Morgan fingerprint density at radius 1 is 1.09 bits per heavy atom. The van der Waals surface area contributed by atoms with E-state index in [2.05, 4.69) is 12.2 Å². The molecule has 0 aromatic heterocycles. The summed E-state index contributed by atoms with van der Waals surface area (Å²) in [5.41, 5.74) is 0. The van der Waals surface area contributed by atoms with E-state index in [0.29, 0.717) is 17.4 Å². The molecule has 132 valence electrons. The van der Waals surface area contributed by atoms with E-state index in [-0.39, 0.29) is 18.8 Å². The number of ether oxygens (including phenoxy) is 1. The summed E-state index contributed by atoms with van der Waals surface area (Å²) in [6.07, 6.45) is 11.4. The number of hydrogen-bond acceptors (Lipinski definition) is 4. The number of nitrogens with zero attached hydrogens (tertiary/aromatic N) is 1. The van der Waals surface area contributed by atoms with Gasteiger partial charge in [0.05, 0.1) is 21.1 Å². The van der Waals surface area contributed by atoms with Crippen molar-refractivity contribution in [3.8, 4) is 0 Å². The summed E-state index contributed by atoms with van der Waals surface area (Å²) in [6, 6.07) is 0. The maximum atomic E-state index is 11.8. The molecule has 0 aliphatic carbocycles. The molecule has 0 radical (unpaired) electrons. The van der Waals surface area contributed by atoms with Gasteiger partial charge in [-0.15, -0.1) is 0 Å². The van der Waals surface area contributed by atoms with E-state index in [1.165, 1.54) is 0 Å². The third kappa shape index (κ3) is 15.1. The monoisotopic (exact) mass is 325 g/mol. The van der Waals surface area contributed by atoms with Gasteiger partial charge in [-0.3, -0.25) is 4.79 Å². The number of quaternary nitrogens is 1. The lowest BCUT2D eigenvalue weighted by Gasteiger charge is -2.29. The van der Waals surface area contributed by atoms with Crippen LogP contribution in [0.25, 0.3) is 0 Å². The van der Waals surface area contributed by atoms with Crippen LogP contribution in [-0.2, 0) is 14.3 Å². The average Bonchev–Trinajstić information content (AvgIpc) is 2.39. The molecule has 0 rings (SSSR count). The molecule has 0 heterocycles. The fourth-order valence-electron chi connectivity index (χ4n) is 2.14. The smallest absolute Gasteiger partial charge is 0.306 e. The molecule has 5 heteroatoms. The normalized spacial score (nSPS) is 13.6. The zero-order valence-corrected chi connectivity index (χ0v) is 14.9. The van der Waals surface area contributed by atoms with Crippen molar-refractivity contribution in [3.63, 3.8) is 0 Å². The van der Waals surface area contributed by atoms with Crippen LogP contribution < -0.4 is 5.11 Å². The first-order chi connectivity index (χ1) is 10.7. The molecule has 0 bridgehead atoms. The summed E-state index contributed by atoms with van der Waals surface area (Å²) in [5.74, 6) is -1.56. The zero-order valence-electron chi connectivity index (χ0n) is 14.9. The van der Waals surface area contributed by atoms with Crippen molar-refractivity contribution < 1.29 is 23.9 Å². The molecule has 0 aliphatic heterocycles. The van der Waals surface area contributed by atoms with Crippen molar-refractivity contribution in [3.05, 3.63) is 24.3 Å². The Morgan fingerprint density at radius 3 is 2.26 bits per heavy atom. The number of likely N-dealkylation sites (N-methyl/N-ethyl adjacent to an activating group) is 1. The summed E-state index contributed by atoms with van der Waals surface area (Å²) in [6.45, 7) is 2.45. The maximum Gasteiger partial charge on any atom is 0.306 e. The predicted molar refractivity (Wildman–Crippen MR) is 89.4 cm³/mol. The highest BCUT2D eigenvalue weighted by atomic mass is 16.5. The zero-order chi connectivity index (χ0) is 17.7. The SMILES string of the molecule is C/C=C/CCC/C=C/CCC(=O)OC(CC(=O)[O-])C[N+](C)(C)C. The molecule has 0 aromatic rings. The third-order valence-corrected chi connectivity index (χ3v) is 3.10. The average molecular weight is 325 g/mol. The topological polar surface area (TPSA) is 66.4 Å². The molecule has 0 fully saturated rings. The summed E-state index contributed by atoms with van der Waals surface area (Å²) in [5, 5.41) is 10.8. The van der Waals surface area contributed by atoms with Gasteiger partial charge in [0, 0.05) is 18.8 Å². The van der Waals surface area contributed by atoms with E-state index < -0.39 is 12.1 Å². The molecule has 1 atom stereocenters. The van der Waals surface area contributed by atoms with Gasteiger partial charge in [-0.2, -0.15) is 0 Å². The van der Waals surface area contributed by atoms with E-state index in [9.17, 15) is 14.7 Å². The second kappa shape index (κ2) is 11.9. The van der Waals surface area contributed by atoms with Crippen LogP contribution in [0.1, 0.15) is 45.4 Å². The number of rotatable bonds is 12. The summed E-state index contributed by atoms with van der Waals surface area (Å²) < 4.78 is 5.80. The van der Waals surface area contributed by atoms with Gasteiger partial charge in [-0.1, -0.05) is 24.3 Å². The van der Waals surface area contributed by atoms with Crippen molar-refractivity contribution in [2.45, 2.75) is 51.6 Å². The Morgan fingerprint density at radius 2 is 1.70 bits per heavy atom. The largest absolute Gasteiger partial charge is 0.550 e. The highest BCUT2D eigenvalue weighted by Gasteiger charge is 2.22. The number of unbranched alkanes of at least 4 members (excludes halogenated alkanes) is 2. The van der Waals surface area contributed by atoms with E-state index in [1.54, 1.807) is 0 Å². The molecule has 0 saturated carbocycles. The Bertz CT molecular complexity index is 408. The molecule has 0 aliphatic rings. The van der Waals surface area contributed by atoms with E-state index in [1.807, 2.05) is 40.2 Å². The molecular formula is C18H31NO4. The molecule has 1 unspecified atom stereocenters. The fraction of sp³-hybridized carbons (Fsp3) is 0.667. The molecule has 23 heavy (non-hydrogen) atoms. The van der Waals surface area contributed by atoms with Crippen LogP contribution in [0.3, 0.4) is 0 Å². The van der Waals surface area contributed by atoms with E-state index >= 15 is 0 Å². The van der Waals surface area contributed by atoms with Gasteiger partial charge in [0.2, 0.25) is 0 Å². The summed E-state index contributed by atoms with van der Waals surface area (Å²) in [4.78, 5) is 22.6. The van der Waals surface area contributed by atoms with Crippen LogP contribution >= 0.6 is 0 Å². The van der Waals surface area contributed by atoms with Gasteiger partial charge in [0.15, 0.2) is 6.10 Å². The van der Waals surface area contributed by atoms with Gasteiger partial charge < -0.3 is 19.1 Å². The molecule has 5 nitrogen and oxygen atoms in total. The van der Waals surface area contributed by atoms with Crippen LogP contribution in [0, 0.1) is 0 Å². The maximum absolute atomic E-state index is 11.8. The number of carbonyl (C=O) groups excluding carboxylic acids is 2. The Hall–Kier alpha value is -1.62. The Kier molecular flexibility index (Phi) is 11.0. The lowest BCUT2D eigenvalue weighted by atomic mass is 10.2. The Labute approximate surface area is 140 Å². The number of allylic oxidation sites excluding steroid dienone is 4. The number of aliphatic carboxylic acids is 1. The molecule has 0 N–H and O–H groups in total. The number of esters is 1. The first-order valence-electron chi connectivity index (χ1n) is 8.20. The van der Waals surface area contributed by atoms with E-state index in [0.717, 1.165) is 19.3 Å². The van der Waals surface area contributed by atoms with Crippen molar-refractivity contribution in [1.29, 1.82) is 0 Å². The van der Waals surface area contributed by atoms with Crippen molar-refractivity contribution in [1.82, 2.24) is 0 Å². The Balaban J connectivity index is 4.07. The lowest BCUT2D eigenvalue weighted by Crippen LogP contribution is -2.45.